The maximum absolute atomic E-state index is 12.2. The Morgan fingerprint density at radius 3 is 2.33 bits per heavy atom. The molecule has 0 radical (unpaired) electrons. The average Bonchev–Trinajstić information content (AvgIpc) is 2.44. The molecule has 1 aromatic heterocycles. The van der Waals surface area contributed by atoms with Crippen LogP contribution in [0, 0.1) is 0 Å². The van der Waals surface area contributed by atoms with Crippen LogP contribution in [0.15, 0.2) is 6.20 Å². The van der Waals surface area contributed by atoms with E-state index in [1.54, 1.807) is 0 Å². The van der Waals surface area contributed by atoms with Crippen LogP contribution in [-0.2, 0) is 7.05 Å². The van der Waals surface area contributed by atoms with Gasteiger partial charge in [-0.15, -0.1) is 0 Å². The molecule has 0 bridgehead atoms. The molecule has 3 nitrogen and oxygen atoms in total. The molecule has 0 aliphatic heterocycles. The topological polar surface area (TPSA) is 38.0 Å². The van der Waals surface area contributed by atoms with Crippen molar-refractivity contribution in [3.63, 3.8) is 0 Å². The zero-order chi connectivity index (χ0) is 11.8. The summed E-state index contributed by atoms with van der Waals surface area (Å²) in [5, 5.41) is 11.9. The maximum atomic E-state index is 12.2. The third-order valence-corrected chi connectivity index (χ3v) is 1.70. The molecule has 0 aliphatic rings. The number of aliphatic hydroxyl groups is 1. The van der Waals surface area contributed by atoms with E-state index in [9.17, 15) is 22.0 Å². The zero-order valence-electron chi connectivity index (χ0n) is 7.46. The summed E-state index contributed by atoms with van der Waals surface area (Å²) in [6.45, 7) is 0. The maximum Gasteiger partial charge on any atom is 0.418 e. The predicted octanol–water partition coefficient (Wildman–Crippen LogP) is 1.95. The standard InChI is InChI=1S/C7H7F5N2O/c1-14-2-3(4(13-14)6(8)9)5(15)7(10,11)12/h2,5-6,15H,1H3/t5-/m1/s1. The summed E-state index contributed by atoms with van der Waals surface area (Å²) in [6, 6.07) is 0. The number of alkyl halides is 5. The van der Waals surface area contributed by atoms with Gasteiger partial charge in [0.2, 0.25) is 0 Å². The Kier molecular flexibility index (Phi) is 2.98. The fourth-order valence-corrected chi connectivity index (χ4v) is 1.08. The Hall–Kier alpha value is -1.18. The van der Waals surface area contributed by atoms with E-state index in [2.05, 4.69) is 5.10 Å². The molecule has 0 spiro atoms. The van der Waals surface area contributed by atoms with Crippen molar-refractivity contribution in [3.05, 3.63) is 17.5 Å². The second-order valence-electron chi connectivity index (χ2n) is 2.89. The van der Waals surface area contributed by atoms with Crippen LogP contribution in [0.25, 0.3) is 0 Å². The molecule has 0 fully saturated rings. The Bertz CT molecular complexity index is 346. The highest BCUT2D eigenvalue weighted by Gasteiger charge is 2.42. The second kappa shape index (κ2) is 3.76. The summed E-state index contributed by atoms with van der Waals surface area (Å²) in [5.41, 5.74) is -1.97. The number of hydrogen-bond acceptors (Lipinski definition) is 2. The summed E-state index contributed by atoms with van der Waals surface area (Å²) in [6.07, 6.45) is -10.3. The number of rotatable bonds is 2. The van der Waals surface area contributed by atoms with Crippen LogP contribution in [0.3, 0.4) is 0 Å². The first-order chi connectivity index (χ1) is 6.73. The molecule has 8 heteroatoms. The van der Waals surface area contributed by atoms with E-state index in [-0.39, 0.29) is 0 Å². The van der Waals surface area contributed by atoms with E-state index in [0.717, 1.165) is 10.9 Å². The van der Waals surface area contributed by atoms with Crippen molar-refractivity contribution in [2.75, 3.05) is 0 Å². The van der Waals surface area contributed by atoms with Crippen molar-refractivity contribution in [2.24, 2.45) is 7.05 Å². The fraction of sp³-hybridized carbons (Fsp3) is 0.571. The van der Waals surface area contributed by atoms with Gasteiger partial charge in [0.15, 0.2) is 6.10 Å². The minimum absolute atomic E-state index is 0.722. The van der Waals surface area contributed by atoms with Crippen LogP contribution in [0.5, 0.6) is 0 Å². The van der Waals surface area contributed by atoms with Crippen molar-refractivity contribution in [2.45, 2.75) is 18.7 Å². The van der Waals surface area contributed by atoms with Crippen LogP contribution in [0.2, 0.25) is 0 Å². The predicted molar refractivity (Wildman–Crippen MR) is 39.2 cm³/mol. The van der Waals surface area contributed by atoms with Crippen molar-refractivity contribution in [1.82, 2.24) is 9.78 Å². The summed E-state index contributed by atoms with van der Waals surface area (Å²) >= 11 is 0. The monoisotopic (exact) mass is 230 g/mol. The molecule has 86 valence electrons. The largest absolute Gasteiger partial charge is 0.418 e. The van der Waals surface area contributed by atoms with Gasteiger partial charge in [-0.3, -0.25) is 4.68 Å². The van der Waals surface area contributed by atoms with Gasteiger partial charge in [0.05, 0.1) is 0 Å². The molecule has 0 unspecified atom stereocenters. The SMILES string of the molecule is Cn1cc([C@@H](O)C(F)(F)F)c(C(F)F)n1. The minimum atomic E-state index is -4.98. The molecule has 1 heterocycles. The first-order valence-electron chi connectivity index (χ1n) is 3.80. The Morgan fingerprint density at radius 1 is 1.40 bits per heavy atom. The van der Waals surface area contributed by atoms with Crippen molar-refractivity contribution in [1.29, 1.82) is 0 Å². The number of halogens is 5. The second-order valence-corrected chi connectivity index (χ2v) is 2.89. The molecule has 1 N–H and O–H groups in total. The Morgan fingerprint density at radius 2 is 1.93 bits per heavy atom. The summed E-state index contributed by atoms with van der Waals surface area (Å²) in [7, 11) is 1.19. The van der Waals surface area contributed by atoms with Gasteiger partial charge in [-0.25, -0.2) is 8.78 Å². The van der Waals surface area contributed by atoms with Crippen molar-refractivity contribution >= 4 is 0 Å². The van der Waals surface area contributed by atoms with Gasteiger partial charge in [0, 0.05) is 18.8 Å². The summed E-state index contributed by atoms with van der Waals surface area (Å²) in [4.78, 5) is 0. The molecule has 0 saturated heterocycles. The van der Waals surface area contributed by atoms with Crippen LogP contribution < -0.4 is 0 Å². The molecular formula is C7H7F5N2O. The number of nitrogens with zero attached hydrogens (tertiary/aromatic N) is 2. The van der Waals surface area contributed by atoms with E-state index in [1.165, 1.54) is 7.05 Å². The first-order valence-corrected chi connectivity index (χ1v) is 3.80. The van der Waals surface area contributed by atoms with E-state index >= 15 is 0 Å². The smallest absolute Gasteiger partial charge is 0.379 e. The molecule has 0 saturated carbocycles. The number of aryl methyl sites for hydroxylation is 1. The number of aliphatic hydroxyl groups excluding tert-OH is 1. The molecule has 0 aromatic carbocycles. The van der Waals surface area contributed by atoms with Gasteiger partial charge in [-0.05, 0) is 0 Å². The lowest BCUT2D eigenvalue weighted by atomic mass is 10.1. The van der Waals surface area contributed by atoms with Gasteiger partial charge in [-0.1, -0.05) is 0 Å². The average molecular weight is 230 g/mol. The number of hydrogen-bond donors (Lipinski definition) is 1. The molecular weight excluding hydrogens is 223 g/mol. The van der Waals surface area contributed by atoms with Gasteiger partial charge in [0.25, 0.3) is 6.43 Å². The Balaban J connectivity index is 3.13. The van der Waals surface area contributed by atoms with Crippen molar-refractivity contribution < 1.29 is 27.1 Å². The van der Waals surface area contributed by atoms with Gasteiger partial charge in [-0.2, -0.15) is 18.3 Å². The van der Waals surface area contributed by atoms with E-state index in [4.69, 9.17) is 5.11 Å². The Labute approximate surface area is 81.1 Å². The van der Waals surface area contributed by atoms with Crippen LogP contribution >= 0.6 is 0 Å². The first kappa shape index (κ1) is 11.9. The quantitative estimate of drug-likeness (QED) is 0.788. The zero-order valence-corrected chi connectivity index (χ0v) is 7.46. The normalized spacial score (nSPS) is 14.7. The lowest BCUT2D eigenvalue weighted by Crippen LogP contribution is -2.21. The molecule has 0 amide bonds. The lowest BCUT2D eigenvalue weighted by Gasteiger charge is -2.13. The van der Waals surface area contributed by atoms with E-state index in [1.807, 2.05) is 0 Å². The van der Waals surface area contributed by atoms with E-state index in [0.29, 0.717) is 0 Å². The fourth-order valence-electron chi connectivity index (χ4n) is 1.08. The third-order valence-electron chi connectivity index (χ3n) is 1.70. The molecule has 0 aliphatic carbocycles. The van der Waals surface area contributed by atoms with Gasteiger partial charge >= 0.3 is 6.18 Å². The molecule has 1 aromatic rings. The highest BCUT2D eigenvalue weighted by Crippen LogP contribution is 2.36. The van der Waals surface area contributed by atoms with Gasteiger partial charge < -0.3 is 5.11 Å². The summed E-state index contributed by atoms with van der Waals surface area (Å²) < 4.78 is 61.4. The van der Waals surface area contributed by atoms with Crippen molar-refractivity contribution in [3.8, 4) is 0 Å². The molecule has 1 atom stereocenters. The lowest BCUT2D eigenvalue weighted by molar-refractivity contribution is -0.207. The summed E-state index contributed by atoms with van der Waals surface area (Å²) in [5.74, 6) is 0. The van der Waals surface area contributed by atoms with E-state index < -0.39 is 30.0 Å². The van der Waals surface area contributed by atoms with Crippen LogP contribution in [0.4, 0.5) is 22.0 Å². The van der Waals surface area contributed by atoms with Crippen LogP contribution in [-0.4, -0.2) is 21.1 Å². The highest BCUT2D eigenvalue weighted by molar-refractivity contribution is 5.22. The minimum Gasteiger partial charge on any atom is -0.379 e. The molecule has 1 rings (SSSR count). The number of aromatic nitrogens is 2. The molecule has 15 heavy (non-hydrogen) atoms. The van der Waals surface area contributed by atoms with Gasteiger partial charge in [0.1, 0.15) is 5.69 Å². The highest BCUT2D eigenvalue weighted by atomic mass is 19.4. The third kappa shape index (κ3) is 2.44. The van der Waals surface area contributed by atoms with Crippen LogP contribution in [0.1, 0.15) is 23.8 Å².